The van der Waals surface area contributed by atoms with Gasteiger partial charge in [0.1, 0.15) is 5.56 Å². The van der Waals surface area contributed by atoms with Crippen molar-refractivity contribution in [3.05, 3.63) is 46.8 Å². The van der Waals surface area contributed by atoms with Crippen LogP contribution in [0.25, 0.3) is 5.69 Å². The summed E-state index contributed by atoms with van der Waals surface area (Å²) in [7, 11) is 0. The highest BCUT2D eigenvalue weighted by Gasteiger charge is 2.32. The fourth-order valence-electron chi connectivity index (χ4n) is 2.34. The number of rotatable bonds is 3. The number of aromatic nitrogens is 2. The van der Waals surface area contributed by atoms with Gasteiger partial charge in [-0.2, -0.15) is 5.10 Å². The van der Waals surface area contributed by atoms with Gasteiger partial charge in [0.15, 0.2) is 0 Å². The van der Waals surface area contributed by atoms with E-state index in [0.717, 1.165) is 24.2 Å². The maximum atomic E-state index is 11.3. The highest BCUT2D eigenvalue weighted by molar-refractivity contribution is 5.89. The van der Waals surface area contributed by atoms with E-state index in [1.165, 1.54) is 17.3 Å². The Bertz CT molecular complexity index is 654. The lowest BCUT2D eigenvalue weighted by molar-refractivity contribution is 0.0695. The van der Waals surface area contributed by atoms with Crippen LogP contribution in [0.3, 0.4) is 0 Å². The molecule has 1 saturated carbocycles. The summed E-state index contributed by atoms with van der Waals surface area (Å²) >= 11 is 0. The van der Waals surface area contributed by atoms with Crippen LogP contribution in [0.2, 0.25) is 0 Å². The lowest BCUT2D eigenvalue weighted by atomic mass is 10.1. The molecule has 0 aliphatic heterocycles. The predicted molar refractivity (Wildman–Crippen MR) is 72.0 cm³/mol. The Morgan fingerprint density at radius 2 is 2.05 bits per heavy atom. The lowest BCUT2D eigenvalue weighted by Crippen LogP contribution is -2.06. The summed E-state index contributed by atoms with van der Waals surface area (Å²) in [6.07, 6.45) is 3.57. The Kier molecular flexibility index (Phi) is 2.66. The van der Waals surface area contributed by atoms with Crippen molar-refractivity contribution in [1.29, 1.82) is 0 Å². The van der Waals surface area contributed by atoms with Gasteiger partial charge in [-0.25, -0.2) is 9.48 Å². The van der Waals surface area contributed by atoms with E-state index in [0.29, 0.717) is 11.5 Å². The van der Waals surface area contributed by atoms with Crippen molar-refractivity contribution in [2.24, 2.45) is 0 Å². The first-order valence-electron chi connectivity index (χ1n) is 6.47. The number of aryl methyl sites for hydroxylation is 2. The summed E-state index contributed by atoms with van der Waals surface area (Å²) in [5.41, 5.74) is 4.53. The minimum atomic E-state index is -0.892. The summed E-state index contributed by atoms with van der Waals surface area (Å²) in [5.74, 6) is -0.549. The van der Waals surface area contributed by atoms with Crippen LogP contribution in [0.5, 0.6) is 0 Å². The van der Waals surface area contributed by atoms with Gasteiger partial charge in [-0.3, -0.25) is 0 Å². The molecule has 3 rings (SSSR count). The van der Waals surface area contributed by atoms with Crippen LogP contribution in [0.4, 0.5) is 0 Å². The Morgan fingerprint density at radius 3 is 2.63 bits per heavy atom. The first kappa shape index (κ1) is 12.0. The van der Waals surface area contributed by atoms with Gasteiger partial charge in [0, 0.05) is 5.92 Å². The number of carboxylic acids is 1. The van der Waals surface area contributed by atoms with Crippen LogP contribution in [0.1, 0.15) is 45.9 Å². The monoisotopic (exact) mass is 256 g/mol. The van der Waals surface area contributed by atoms with Gasteiger partial charge < -0.3 is 5.11 Å². The normalized spacial score (nSPS) is 14.6. The second-order valence-corrected chi connectivity index (χ2v) is 5.20. The average Bonchev–Trinajstić information content (AvgIpc) is 3.11. The molecule has 1 aromatic carbocycles. The Balaban J connectivity index is 2.14. The maximum Gasteiger partial charge on any atom is 0.339 e. The molecule has 0 atom stereocenters. The molecule has 0 radical (unpaired) electrons. The van der Waals surface area contributed by atoms with E-state index in [1.54, 1.807) is 4.68 Å². The first-order valence-corrected chi connectivity index (χ1v) is 6.47. The zero-order valence-electron chi connectivity index (χ0n) is 11.1. The molecule has 1 aliphatic carbocycles. The van der Waals surface area contributed by atoms with Crippen LogP contribution >= 0.6 is 0 Å². The minimum Gasteiger partial charge on any atom is -0.478 e. The van der Waals surface area contributed by atoms with Crippen molar-refractivity contribution in [2.75, 3.05) is 0 Å². The Hall–Kier alpha value is -2.10. The highest BCUT2D eigenvalue weighted by atomic mass is 16.4. The van der Waals surface area contributed by atoms with Crippen molar-refractivity contribution in [1.82, 2.24) is 9.78 Å². The second-order valence-electron chi connectivity index (χ2n) is 5.20. The number of hydrogen-bond donors (Lipinski definition) is 1. The van der Waals surface area contributed by atoms with Crippen molar-refractivity contribution in [3.63, 3.8) is 0 Å². The minimum absolute atomic E-state index is 0.334. The number of carboxylic acid groups (broad SMARTS) is 1. The van der Waals surface area contributed by atoms with Gasteiger partial charge in [0.25, 0.3) is 0 Å². The summed E-state index contributed by atoms with van der Waals surface area (Å²) in [6.45, 7) is 4.11. The van der Waals surface area contributed by atoms with E-state index in [2.05, 4.69) is 25.0 Å². The second kappa shape index (κ2) is 4.23. The third kappa shape index (κ3) is 2.03. The SMILES string of the molecule is Cc1ccc(-n2ncc(C(=O)O)c2C2CC2)cc1C. The fourth-order valence-corrected chi connectivity index (χ4v) is 2.34. The average molecular weight is 256 g/mol. The van der Waals surface area contributed by atoms with Crippen LogP contribution < -0.4 is 0 Å². The number of carbonyl (C=O) groups is 1. The number of benzene rings is 1. The molecule has 19 heavy (non-hydrogen) atoms. The van der Waals surface area contributed by atoms with E-state index >= 15 is 0 Å². The molecule has 0 saturated heterocycles. The van der Waals surface area contributed by atoms with Gasteiger partial charge >= 0.3 is 5.97 Å². The third-order valence-electron chi connectivity index (χ3n) is 3.74. The van der Waals surface area contributed by atoms with E-state index in [1.807, 2.05) is 12.1 Å². The zero-order chi connectivity index (χ0) is 13.6. The van der Waals surface area contributed by atoms with Crippen molar-refractivity contribution in [2.45, 2.75) is 32.6 Å². The van der Waals surface area contributed by atoms with Gasteiger partial charge in [0.05, 0.1) is 17.6 Å². The van der Waals surface area contributed by atoms with E-state index < -0.39 is 5.97 Å². The Labute approximate surface area is 111 Å². The quantitative estimate of drug-likeness (QED) is 0.918. The molecule has 0 spiro atoms. The summed E-state index contributed by atoms with van der Waals surface area (Å²) in [5, 5.41) is 13.5. The molecule has 1 aliphatic rings. The fraction of sp³-hybridized carbons (Fsp3) is 0.333. The van der Waals surface area contributed by atoms with Gasteiger partial charge in [0.2, 0.25) is 0 Å². The molecule has 2 aromatic rings. The van der Waals surface area contributed by atoms with Gasteiger partial charge in [-0.1, -0.05) is 6.07 Å². The van der Waals surface area contributed by atoms with Gasteiger partial charge in [-0.05, 0) is 49.9 Å². The highest BCUT2D eigenvalue weighted by Crippen LogP contribution is 2.42. The molecule has 0 unspecified atom stereocenters. The first-order chi connectivity index (χ1) is 9.08. The third-order valence-corrected chi connectivity index (χ3v) is 3.74. The summed E-state index contributed by atoms with van der Waals surface area (Å²) < 4.78 is 1.79. The molecule has 1 heterocycles. The van der Waals surface area contributed by atoms with Crippen LogP contribution in [-0.4, -0.2) is 20.9 Å². The lowest BCUT2D eigenvalue weighted by Gasteiger charge is -2.09. The van der Waals surface area contributed by atoms with E-state index in [9.17, 15) is 9.90 Å². The number of aromatic carboxylic acids is 1. The topological polar surface area (TPSA) is 55.1 Å². The standard InChI is InChI=1S/C15H16N2O2/c1-9-3-6-12(7-10(9)2)17-14(11-4-5-11)13(8-16-17)15(18)19/h3,6-8,11H,4-5H2,1-2H3,(H,18,19). The van der Waals surface area contributed by atoms with Crippen molar-refractivity contribution in [3.8, 4) is 5.69 Å². The molecule has 0 bridgehead atoms. The molecular weight excluding hydrogens is 240 g/mol. The zero-order valence-corrected chi connectivity index (χ0v) is 11.1. The molecule has 4 nitrogen and oxygen atoms in total. The molecular formula is C15H16N2O2. The molecule has 98 valence electrons. The van der Waals surface area contributed by atoms with Crippen LogP contribution in [0, 0.1) is 13.8 Å². The summed E-state index contributed by atoms with van der Waals surface area (Å²) in [4.78, 5) is 11.3. The van der Waals surface area contributed by atoms with Gasteiger partial charge in [-0.15, -0.1) is 0 Å². The molecule has 0 amide bonds. The van der Waals surface area contributed by atoms with E-state index in [-0.39, 0.29) is 0 Å². The predicted octanol–water partition coefficient (Wildman–Crippen LogP) is 3.06. The molecule has 1 N–H and O–H groups in total. The number of nitrogens with zero attached hydrogens (tertiary/aromatic N) is 2. The Morgan fingerprint density at radius 1 is 1.32 bits per heavy atom. The largest absolute Gasteiger partial charge is 0.478 e. The summed E-state index contributed by atoms with van der Waals surface area (Å²) in [6, 6.07) is 6.09. The maximum absolute atomic E-state index is 11.3. The van der Waals surface area contributed by atoms with E-state index in [4.69, 9.17) is 0 Å². The van der Waals surface area contributed by atoms with Crippen LogP contribution in [-0.2, 0) is 0 Å². The van der Waals surface area contributed by atoms with Crippen LogP contribution in [0.15, 0.2) is 24.4 Å². The van der Waals surface area contributed by atoms with Crippen molar-refractivity contribution >= 4 is 5.97 Å². The van der Waals surface area contributed by atoms with Crippen molar-refractivity contribution < 1.29 is 9.90 Å². The molecule has 4 heteroatoms. The smallest absolute Gasteiger partial charge is 0.339 e. The molecule has 1 aromatic heterocycles. The molecule has 1 fully saturated rings. The number of hydrogen-bond acceptors (Lipinski definition) is 2.